The average Bonchev–Trinajstić information content (AvgIpc) is 3.04. The second-order valence-corrected chi connectivity index (χ2v) is 9.55. The Morgan fingerprint density at radius 2 is 1.74 bits per heavy atom. The molecule has 1 aromatic heterocycles. The van der Waals surface area contributed by atoms with Gasteiger partial charge in [0.05, 0.1) is 16.3 Å². The Balaban J connectivity index is 1.59. The van der Waals surface area contributed by atoms with Crippen LogP contribution in [0.1, 0.15) is 34.2 Å². The molecule has 2 aromatic carbocycles. The smallest absolute Gasteiger partial charge is 0.261 e. The molecule has 1 unspecified atom stereocenters. The highest BCUT2D eigenvalue weighted by Crippen LogP contribution is 2.19. The van der Waals surface area contributed by atoms with E-state index in [4.69, 9.17) is 0 Å². The summed E-state index contributed by atoms with van der Waals surface area (Å²) in [5.41, 5.74) is 3.83. The predicted octanol–water partition coefficient (Wildman–Crippen LogP) is 3.68. The lowest BCUT2D eigenvalue weighted by Gasteiger charge is -2.14. The van der Waals surface area contributed by atoms with Gasteiger partial charge in [-0.05, 0) is 68.7 Å². The van der Waals surface area contributed by atoms with Crippen molar-refractivity contribution in [2.75, 3.05) is 11.3 Å². The normalized spacial score (nSPS) is 12.4. The zero-order valence-corrected chi connectivity index (χ0v) is 19.0. The largest absolute Gasteiger partial charge is 0.352 e. The molecule has 2 N–H and O–H groups in total. The highest BCUT2D eigenvalue weighted by Gasteiger charge is 2.16. The molecule has 1 heterocycles. The van der Waals surface area contributed by atoms with Crippen molar-refractivity contribution >= 4 is 21.6 Å². The van der Waals surface area contributed by atoms with Gasteiger partial charge in [-0.3, -0.25) is 14.2 Å². The SMILES string of the molecule is Cc1cc(C)n(CC(C)CNC(=O)c2ccc(S(=O)(=O)Nc3ccccc3C)cc2)n1. The van der Waals surface area contributed by atoms with Crippen LogP contribution in [0.5, 0.6) is 0 Å². The third kappa shape index (κ3) is 5.73. The number of sulfonamides is 1. The predicted molar refractivity (Wildman–Crippen MR) is 122 cm³/mol. The van der Waals surface area contributed by atoms with Crippen LogP contribution in [-0.4, -0.2) is 30.7 Å². The summed E-state index contributed by atoms with van der Waals surface area (Å²) in [4.78, 5) is 12.6. The number of nitrogens with one attached hydrogen (secondary N) is 2. The van der Waals surface area contributed by atoms with Crippen LogP contribution in [0.3, 0.4) is 0 Å². The summed E-state index contributed by atoms with van der Waals surface area (Å²) in [6, 6.07) is 15.1. The lowest BCUT2D eigenvalue weighted by atomic mass is 10.1. The third-order valence-electron chi connectivity index (χ3n) is 5.02. The van der Waals surface area contributed by atoms with Crippen molar-refractivity contribution in [2.24, 2.45) is 5.92 Å². The van der Waals surface area contributed by atoms with Gasteiger partial charge in [0.2, 0.25) is 0 Å². The van der Waals surface area contributed by atoms with E-state index in [-0.39, 0.29) is 16.7 Å². The van der Waals surface area contributed by atoms with Gasteiger partial charge in [0.15, 0.2) is 0 Å². The van der Waals surface area contributed by atoms with Crippen molar-refractivity contribution in [1.29, 1.82) is 0 Å². The number of carbonyl (C=O) groups is 1. The van der Waals surface area contributed by atoms with E-state index in [2.05, 4.69) is 15.1 Å². The Bertz CT molecular complexity index is 1170. The van der Waals surface area contributed by atoms with E-state index in [1.807, 2.05) is 50.6 Å². The first kappa shape index (κ1) is 22.6. The van der Waals surface area contributed by atoms with Crippen LogP contribution in [0.2, 0.25) is 0 Å². The van der Waals surface area contributed by atoms with E-state index >= 15 is 0 Å². The summed E-state index contributed by atoms with van der Waals surface area (Å²) in [6.45, 7) is 9.05. The molecular weight excluding hydrogens is 412 g/mol. The van der Waals surface area contributed by atoms with Gasteiger partial charge in [0.1, 0.15) is 0 Å². The summed E-state index contributed by atoms with van der Waals surface area (Å²) in [7, 11) is -3.73. The summed E-state index contributed by atoms with van der Waals surface area (Å²) in [5, 5.41) is 7.35. The number of hydrogen-bond acceptors (Lipinski definition) is 4. The second-order valence-electron chi connectivity index (χ2n) is 7.87. The molecule has 8 heteroatoms. The molecule has 0 saturated carbocycles. The van der Waals surface area contributed by atoms with E-state index in [1.165, 1.54) is 24.3 Å². The molecule has 164 valence electrons. The van der Waals surface area contributed by atoms with Crippen molar-refractivity contribution in [1.82, 2.24) is 15.1 Å². The lowest BCUT2D eigenvalue weighted by molar-refractivity contribution is 0.0946. The van der Waals surface area contributed by atoms with Crippen LogP contribution >= 0.6 is 0 Å². The van der Waals surface area contributed by atoms with E-state index < -0.39 is 10.0 Å². The Morgan fingerprint density at radius 1 is 1.06 bits per heavy atom. The molecule has 0 spiro atoms. The molecule has 1 atom stereocenters. The minimum Gasteiger partial charge on any atom is -0.352 e. The number of para-hydroxylation sites is 1. The van der Waals surface area contributed by atoms with Gasteiger partial charge in [-0.1, -0.05) is 25.1 Å². The van der Waals surface area contributed by atoms with Crippen LogP contribution in [0.25, 0.3) is 0 Å². The minimum absolute atomic E-state index is 0.102. The van der Waals surface area contributed by atoms with Crippen LogP contribution in [-0.2, 0) is 16.6 Å². The van der Waals surface area contributed by atoms with E-state index in [1.54, 1.807) is 12.1 Å². The van der Waals surface area contributed by atoms with Crippen molar-refractivity contribution in [3.05, 3.63) is 77.1 Å². The van der Waals surface area contributed by atoms with Crippen LogP contribution in [0.15, 0.2) is 59.5 Å². The molecule has 0 saturated heterocycles. The Kier molecular flexibility index (Phi) is 6.80. The van der Waals surface area contributed by atoms with Crippen LogP contribution in [0, 0.1) is 26.7 Å². The molecule has 0 bridgehead atoms. The monoisotopic (exact) mass is 440 g/mol. The maximum atomic E-state index is 12.6. The second kappa shape index (κ2) is 9.34. The van der Waals surface area contributed by atoms with Crippen molar-refractivity contribution in [3.63, 3.8) is 0 Å². The summed E-state index contributed by atoms with van der Waals surface area (Å²) < 4.78 is 29.8. The standard InChI is InChI=1S/C23H28N4O3S/c1-16(15-27-19(4)13-18(3)25-27)14-24-23(28)20-9-11-21(12-10-20)31(29,30)26-22-8-6-5-7-17(22)2/h5-13,16,26H,14-15H2,1-4H3,(H,24,28). The number of amides is 1. The van der Waals surface area contributed by atoms with Crippen molar-refractivity contribution < 1.29 is 13.2 Å². The molecule has 0 radical (unpaired) electrons. The highest BCUT2D eigenvalue weighted by molar-refractivity contribution is 7.92. The molecule has 1 amide bonds. The van der Waals surface area contributed by atoms with E-state index in [9.17, 15) is 13.2 Å². The van der Waals surface area contributed by atoms with Gasteiger partial charge in [-0.25, -0.2) is 8.42 Å². The zero-order valence-electron chi connectivity index (χ0n) is 18.2. The number of rotatable bonds is 8. The van der Waals surface area contributed by atoms with E-state index in [0.717, 1.165) is 17.0 Å². The van der Waals surface area contributed by atoms with Gasteiger partial charge in [-0.2, -0.15) is 5.10 Å². The fraction of sp³-hybridized carbons (Fsp3) is 0.304. The van der Waals surface area contributed by atoms with Crippen LogP contribution in [0.4, 0.5) is 5.69 Å². The number of hydrogen-bond donors (Lipinski definition) is 2. The summed E-state index contributed by atoms with van der Waals surface area (Å²) >= 11 is 0. The molecular formula is C23H28N4O3S. The molecule has 0 aliphatic carbocycles. The lowest BCUT2D eigenvalue weighted by Crippen LogP contribution is -2.30. The first-order valence-corrected chi connectivity index (χ1v) is 11.6. The molecule has 0 aliphatic heterocycles. The van der Waals surface area contributed by atoms with Gasteiger partial charge in [-0.15, -0.1) is 0 Å². The highest BCUT2D eigenvalue weighted by atomic mass is 32.2. The summed E-state index contributed by atoms with van der Waals surface area (Å²) in [6.07, 6.45) is 0. The fourth-order valence-electron chi connectivity index (χ4n) is 3.27. The number of benzene rings is 2. The molecule has 31 heavy (non-hydrogen) atoms. The van der Waals surface area contributed by atoms with Gasteiger partial charge >= 0.3 is 0 Å². The molecule has 0 fully saturated rings. The average molecular weight is 441 g/mol. The van der Waals surface area contributed by atoms with Crippen molar-refractivity contribution in [3.8, 4) is 0 Å². The number of aryl methyl sites for hydroxylation is 3. The number of aromatic nitrogens is 2. The van der Waals surface area contributed by atoms with Crippen LogP contribution < -0.4 is 10.0 Å². The number of anilines is 1. The number of nitrogens with zero attached hydrogens (tertiary/aromatic N) is 2. The Morgan fingerprint density at radius 3 is 2.35 bits per heavy atom. The molecule has 3 aromatic rings. The van der Waals surface area contributed by atoms with Gasteiger partial charge in [0.25, 0.3) is 15.9 Å². The van der Waals surface area contributed by atoms with E-state index in [0.29, 0.717) is 24.3 Å². The third-order valence-corrected chi connectivity index (χ3v) is 6.40. The van der Waals surface area contributed by atoms with Gasteiger partial charge < -0.3 is 5.32 Å². The van der Waals surface area contributed by atoms with Crippen molar-refractivity contribution in [2.45, 2.75) is 39.1 Å². The van der Waals surface area contributed by atoms with Gasteiger partial charge in [0, 0.05) is 24.3 Å². The Hall–Kier alpha value is -3.13. The Labute approximate surface area is 183 Å². The molecule has 3 rings (SSSR count). The first-order valence-electron chi connectivity index (χ1n) is 10.1. The summed E-state index contributed by atoms with van der Waals surface area (Å²) in [5.74, 6) is -0.0454. The molecule has 7 nitrogen and oxygen atoms in total. The number of carbonyl (C=O) groups excluding carboxylic acids is 1. The minimum atomic E-state index is -3.73. The first-order chi connectivity index (χ1) is 14.7. The topological polar surface area (TPSA) is 93.1 Å². The molecule has 0 aliphatic rings. The quantitative estimate of drug-likeness (QED) is 0.559. The zero-order chi connectivity index (χ0) is 22.6. The maximum Gasteiger partial charge on any atom is 0.261 e. The maximum absolute atomic E-state index is 12.6. The fourth-order valence-corrected chi connectivity index (χ4v) is 4.40.